The SMILES string of the molecule is CCc1cnc(OC2CCCN(C(=O)C=C(C)C)C2)nc1. The van der Waals surface area contributed by atoms with Crippen LogP contribution < -0.4 is 4.74 Å². The van der Waals surface area contributed by atoms with Gasteiger partial charge in [-0.3, -0.25) is 4.79 Å². The van der Waals surface area contributed by atoms with Crippen LogP contribution in [0.2, 0.25) is 0 Å². The number of carbonyl (C=O) groups is 1. The highest BCUT2D eigenvalue weighted by Gasteiger charge is 2.24. The summed E-state index contributed by atoms with van der Waals surface area (Å²) >= 11 is 0. The number of rotatable bonds is 4. The Morgan fingerprint density at radius 1 is 1.43 bits per heavy atom. The minimum absolute atomic E-state index is 0.0271. The molecule has 1 aliphatic heterocycles. The second-order valence-electron chi connectivity index (χ2n) is 5.62. The average Bonchev–Trinajstić information content (AvgIpc) is 2.47. The first-order chi connectivity index (χ1) is 10.1. The number of hydrogen-bond donors (Lipinski definition) is 0. The fraction of sp³-hybridized carbons (Fsp3) is 0.562. The summed E-state index contributed by atoms with van der Waals surface area (Å²) in [6.07, 6.45) is 8.01. The molecule has 5 nitrogen and oxygen atoms in total. The van der Waals surface area contributed by atoms with Crippen LogP contribution in [0.4, 0.5) is 0 Å². The highest BCUT2D eigenvalue weighted by molar-refractivity contribution is 5.88. The summed E-state index contributed by atoms with van der Waals surface area (Å²) < 4.78 is 5.80. The van der Waals surface area contributed by atoms with Gasteiger partial charge in [-0.2, -0.15) is 0 Å². The van der Waals surface area contributed by atoms with Gasteiger partial charge in [0.25, 0.3) is 0 Å². The van der Waals surface area contributed by atoms with Crippen LogP contribution in [-0.2, 0) is 11.2 Å². The van der Waals surface area contributed by atoms with Crippen molar-refractivity contribution in [2.75, 3.05) is 13.1 Å². The van der Waals surface area contributed by atoms with Gasteiger partial charge in [0.15, 0.2) is 0 Å². The zero-order valence-electron chi connectivity index (χ0n) is 13.0. The monoisotopic (exact) mass is 289 g/mol. The van der Waals surface area contributed by atoms with Gasteiger partial charge >= 0.3 is 6.01 Å². The molecule has 1 amide bonds. The third kappa shape index (κ3) is 4.55. The second kappa shape index (κ2) is 7.20. The highest BCUT2D eigenvalue weighted by atomic mass is 16.5. The number of allylic oxidation sites excluding steroid dienone is 1. The molecule has 0 aromatic carbocycles. The van der Waals surface area contributed by atoms with E-state index in [0.29, 0.717) is 12.6 Å². The van der Waals surface area contributed by atoms with E-state index in [-0.39, 0.29) is 12.0 Å². The summed E-state index contributed by atoms with van der Waals surface area (Å²) in [7, 11) is 0. The van der Waals surface area contributed by atoms with Crippen molar-refractivity contribution in [3.63, 3.8) is 0 Å². The maximum absolute atomic E-state index is 12.1. The lowest BCUT2D eigenvalue weighted by Crippen LogP contribution is -2.44. The fourth-order valence-electron chi connectivity index (χ4n) is 2.31. The molecule has 1 aromatic rings. The lowest BCUT2D eigenvalue weighted by Gasteiger charge is -2.31. The molecule has 2 heterocycles. The molecular weight excluding hydrogens is 266 g/mol. The van der Waals surface area contributed by atoms with E-state index in [1.165, 1.54) is 0 Å². The summed E-state index contributed by atoms with van der Waals surface area (Å²) in [4.78, 5) is 22.3. The van der Waals surface area contributed by atoms with Crippen LogP contribution in [0.5, 0.6) is 6.01 Å². The Hall–Kier alpha value is -1.91. The van der Waals surface area contributed by atoms with Crippen molar-refractivity contribution in [1.82, 2.24) is 14.9 Å². The lowest BCUT2D eigenvalue weighted by atomic mass is 10.1. The van der Waals surface area contributed by atoms with Crippen LogP contribution in [0.25, 0.3) is 0 Å². The summed E-state index contributed by atoms with van der Waals surface area (Å²) in [6, 6.07) is 0.397. The molecule has 0 saturated carbocycles. The number of nitrogens with zero attached hydrogens (tertiary/aromatic N) is 3. The molecule has 0 aliphatic carbocycles. The van der Waals surface area contributed by atoms with Crippen molar-refractivity contribution < 1.29 is 9.53 Å². The molecule has 1 atom stereocenters. The predicted molar refractivity (Wildman–Crippen MR) is 81.1 cm³/mol. The Labute approximate surface area is 126 Å². The van der Waals surface area contributed by atoms with Crippen LogP contribution in [0.3, 0.4) is 0 Å². The maximum Gasteiger partial charge on any atom is 0.316 e. The molecule has 0 N–H and O–H groups in total. The van der Waals surface area contributed by atoms with Gasteiger partial charge in [0, 0.05) is 25.0 Å². The number of likely N-dealkylation sites (tertiary alicyclic amines) is 1. The first-order valence-electron chi connectivity index (χ1n) is 7.50. The smallest absolute Gasteiger partial charge is 0.316 e. The van der Waals surface area contributed by atoms with Gasteiger partial charge in [-0.15, -0.1) is 0 Å². The third-order valence-corrected chi connectivity index (χ3v) is 3.46. The Bertz CT molecular complexity index is 507. The molecule has 114 valence electrons. The minimum atomic E-state index is -0.0271. The number of hydrogen-bond acceptors (Lipinski definition) is 4. The molecule has 0 bridgehead atoms. The van der Waals surface area contributed by atoms with E-state index in [1.807, 2.05) is 18.7 Å². The number of amides is 1. The van der Waals surface area contributed by atoms with E-state index in [1.54, 1.807) is 18.5 Å². The zero-order valence-corrected chi connectivity index (χ0v) is 13.0. The standard InChI is InChI=1S/C16H23N3O2/c1-4-13-9-17-16(18-10-13)21-14-6-5-7-19(11-14)15(20)8-12(2)3/h8-10,14H,4-7,11H2,1-3H3. The van der Waals surface area contributed by atoms with E-state index >= 15 is 0 Å². The van der Waals surface area contributed by atoms with Crippen LogP contribution in [-0.4, -0.2) is 40.0 Å². The van der Waals surface area contributed by atoms with Crippen LogP contribution >= 0.6 is 0 Å². The maximum atomic E-state index is 12.1. The molecule has 1 saturated heterocycles. The number of aryl methyl sites for hydroxylation is 1. The van der Waals surface area contributed by atoms with Gasteiger partial charge < -0.3 is 9.64 Å². The van der Waals surface area contributed by atoms with Crippen LogP contribution in [0, 0.1) is 0 Å². The number of piperidine rings is 1. The third-order valence-electron chi connectivity index (χ3n) is 3.46. The van der Waals surface area contributed by atoms with Crippen molar-refractivity contribution in [2.24, 2.45) is 0 Å². The van der Waals surface area contributed by atoms with Crippen molar-refractivity contribution >= 4 is 5.91 Å². The van der Waals surface area contributed by atoms with E-state index in [2.05, 4.69) is 16.9 Å². The Morgan fingerprint density at radius 3 is 2.76 bits per heavy atom. The number of aromatic nitrogens is 2. The fourth-order valence-corrected chi connectivity index (χ4v) is 2.31. The Balaban J connectivity index is 1.94. The number of carbonyl (C=O) groups excluding carboxylic acids is 1. The first-order valence-corrected chi connectivity index (χ1v) is 7.50. The minimum Gasteiger partial charge on any atom is -0.458 e. The molecule has 5 heteroatoms. The van der Waals surface area contributed by atoms with Crippen molar-refractivity contribution in [2.45, 2.75) is 46.1 Å². The van der Waals surface area contributed by atoms with E-state index in [0.717, 1.165) is 36.9 Å². The second-order valence-corrected chi connectivity index (χ2v) is 5.62. The van der Waals surface area contributed by atoms with Crippen molar-refractivity contribution in [3.05, 3.63) is 29.6 Å². The molecule has 21 heavy (non-hydrogen) atoms. The first kappa shape index (κ1) is 15.5. The van der Waals surface area contributed by atoms with E-state index in [4.69, 9.17) is 4.74 Å². The molecule has 2 rings (SSSR count). The lowest BCUT2D eigenvalue weighted by molar-refractivity contribution is -0.128. The largest absolute Gasteiger partial charge is 0.458 e. The molecule has 1 aromatic heterocycles. The molecule has 0 spiro atoms. The molecule has 1 aliphatic rings. The number of ether oxygens (including phenoxy) is 1. The van der Waals surface area contributed by atoms with Crippen LogP contribution in [0.15, 0.2) is 24.0 Å². The Kier molecular flexibility index (Phi) is 5.31. The van der Waals surface area contributed by atoms with Gasteiger partial charge in [-0.1, -0.05) is 12.5 Å². The highest BCUT2D eigenvalue weighted by Crippen LogP contribution is 2.16. The van der Waals surface area contributed by atoms with Gasteiger partial charge in [-0.25, -0.2) is 9.97 Å². The van der Waals surface area contributed by atoms with Gasteiger partial charge in [0.05, 0.1) is 6.54 Å². The van der Waals surface area contributed by atoms with Gasteiger partial charge in [0.2, 0.25) is 5.91 Å². The van der Waals surface area contributed by atoms with E-state index < -0.39 is 0 Å². The van der Waals surface area contributed by atoms with Gasteiger partial charge in [0.1, 0.15) is 6.10 Å². The van der Waals surface area contributed by atoms with Crippen LogP contribution in [0.1, 0.15) is 39.2 Å². The molecular formula is C16H23N3O2. The summed E-state index contributed by atoms with van der Waals surface area (Å²) in [5.41, 5.74) is 2.10. The van der Waals surface area contributed by atoms with Crippen molar-refractivity contribution in [1.29, 1.82) is 0 Å². The summed E-state index contributed by atoms with van der Waals surface area (Å²) in [5.74, 6) is 0.0607. The normalized spacial score (nSPS) is 18.2. The Morgan fingerprint density at radius 2 is 2.14 bits per heavy atom. The van der Waals surface area contributed by atoms with Crippen molar-refractivity contribution in [3.8, 4) is 6.01 Å². The summed E-state index contributed by atoms with van der Waals surface area (Å²) in [5, 5.41) is 0. The molecule has 1 unspecified atom stereocenters. The van der Waals surface area contributed by atoms with E-state index in [9.17, 15) is 4.79 Å². The summed E-state index contributed by atoms with van der Waals surface area (Å²) in [6.45, 7) is 7.31. The zero-order chi connectivity index (χ0) is 15.2. The quantitative estimate of drug-likeness (QED) is 0.799. The predicted octanol–water partition coefficient (Wildman–Crippen LogP) is 2.38. The molecule has 0 radical (unpaired) electrons. The topological polar surface area (TPSA) is 55.3 Å². The molecule has 1 fully saturated rings. The van der Waals surface area contributed by atoms with Gasteiger partial charge in [-0.05, 0) is 38.7 Å². The average molecular weight is 289 g/mol.